The van der Waals surface area contributed by atoms with Crippen molar-refractivity contribution in [2.45, 2.75) is 0 Å². The van der Waals surface area contributed by atoms with Crippen molar-refractivity contribution < 1.29 is 14.3 Å². The summed E-state index contributed by atoms with van der Waals surface area (Å²) in [5.74, 6) is 1.07. The van der Waals surface area contributed by atoms with Crippen molar-refractivity contribution in [1.82, 2.24) is 9.97 Å². The SMILES string of the molecule is COc1ccc(-c2csc(NC(=O)c3ccc4ncccc4c3)n2)cc1OC. The van der Waals surface area contributed by atoms with Crippen LogP contribution in [-0.2, 0) is 0 Å². The molecular formula is C21H17N3O3S. The molecule has 0 radical (unpaired) electrons. The molecule has 0 unspecified atom stereocenters. The van der Waals surface area contributed by atoms with Crippen LogP contribution in [-0.4, -0.2) is 30.1 Å². The first-order valence-corrected chi connectivity index (χ1v) is 9.40. The summed E-state index contributed by atoms with van der Waals surface area (Å²) in [6.07, 6.45) is 1.73. The minimum Gasteiger partial charge on any atom is -0.493 e. The molecule has 0 spiro atoms. The molecule has 0 fully saturated rings. The Balaban J connectivity index is 1.55. The number of anilines is 1. The third-order valence-corrected chi connectivity index (χ3v) is 5.03. The Hall–Kier alpha value is -3.45. The van der Waals surface area contributed by atoms with Gasteiger partial charge in [-0.2, -0.15) is 0 Å². The van der Waals surface area contributed by atoms with Gasteiger partial charge in [0.15, 0.2) is 16.6 Å². The average Bonchev–Trinajstić information content (AvgIpc) is 3.21. The Kier molecular flexibility index (Phi) is 4.90. The van der Waals surface area contributed by atoms with E-state index in [4.69, 9.17) is 9.47 Å². The molecule has 1 amide bonds. The van der Waals surface area contributed by atoms with Crippen LogP contribution in [0.1, 0.15) is 10.4 Å². The second-order valence-electron chi connectivity index (χ2n) is 5.97. The number of amides is 1. The van der Waals surface area contributed by atoms with Gasteiger partial charge in [-0.25, -0.2) is 4.98 Å². The number of aromatic nitrogens is 2. The molecule has 4 rings (SSSR count). The molecule has 0 saturated heterocycles. The largest absolute Gasteiger partial charge is 0.493 e. The Morgan fingerprint density at radius 1 is 1.04 bits per heavy atom. The summed E-state index contributed by atoms with van der Waals surface area (Å²) in [6.45, 7) is 0. The van der Waals surface area contributed by atoms with Crippen LogP contribution in [0.25, 0.3) is 22.2 Å². The maximum Gasteiger partial charge on any atom is 0.257 e. The fraction of sp³-hybridized carbons (Fsp3) is 0.0952. The van der Waals surface area contributed by atoms with E-state index in [0.717, 1.165) is 22.2 Å². The van der Waals surface area contributed by atoms with Crippen LogP contribution in [0.2, 0.25) is 0 Å². The summed E-state index contributed by atoms with van der Waals surface area (Å²) >= 11 is 1.37. The number of thiazole rings is 1. The number of hydrogen-bond donors (Lipinski definition) is 1. The van der Waals surface area contributed by atoms with Gasteiger partial charge in [-0.15, -0.1) is 11.3 Å². The van der Waals surface area contributed by atoms with E-state index >= 15 is 0 Å². The molecule has 2 aromatic carbocycles. The molecule has 2 aromatic heterocycles. The van der Waals surface area contributed by atoms with E-state index < -0.39 is 0 Å². The summed E-state index contributed by atoms with van der Waals surface area (Å²) in [5.41, 5.74) is 3.04. The van der Waals surface area contributed by atoms with E-state index in [9.17, 15) is 4.79 Å². The number of pyridine rings is 1. The molecule has 0 saturated carbocycles. The number of ether oxygens (including phenoxy) is 2. The van der Waals surface area contributed by atoms with Crippen LogP contribution in [0.5, 0.6) is 11.5 Å². The summed E-state index contributed by atoms with van der Waals surface area (Å²) < 4.78 is 10.6. The molecule has 1 N–H and O–H groups in total. The lowest BCUT2D eigenvalue weighted by molar-refractivity contribution is 0.102. The summed E-state index contributed by atoms with van der Waals surface area (Å²) in [4.78, 5) is 21.4. The lowest BCUT2D eigenvalue weighted by Gasteiger charge is -2.08. The number of methoxy groups -OCH3 is 2. The zero-order valence-corrected chi connectivity index (χ0v) is 16.1. The van der Waals surface area contributed by atoms with Gasteiger partial charge in [-0.3, -0.25) is 15.1 Å². The predicted octanol–water partition coefficient (Wildman–Crippen LogP) is 4.63. The zero-order valence-electron chi connectivity index (χ0n) is 15.3. The van der Waals surface area contributed by atoms with Gasteiger partial charge in [0.25, 0.3) is 5.91 Å². The van der Waals surface area contributed by atoms with Gasteiger partial charge in [-0.05, 0) is 42.5 Å². The molecule has 0 atom stereocenters. The standard InChI is InChI=1S/C21H17N3O3S/c1-26-18-8-6-14(11-19(18)27-2)17-12-28-21(23-17)24-20(25)15-5-7-16-13(10-15)4-3-9-22-16/h3-12H,1-2H3,(H,23,24,25). The number of fused-ring (bicyclic) bond motifs is 1. The molecule has 0 bridgehead atoms. The van der Waals surface area contributed by atoms with Gasteiger partial charge in [0.2, 0.25) is 0 Å². The average molecular weight is 391 g/mol. The number of rotatable bonds is 5. The molecular weight excluding hydrogens is 374 g/mol. The van der Waals surface area contributed by atoms with Crippen molar-refractivity contribution in [2.75, 3.05) is 19.5 Å². The van der Waals surface area contributed by atoms with Crippen molar-refractivity contribution in [3.05, 3.63) is 65.7 Å². The second kappa shape index (κ2) is 7.66. The molecule has 140 valence electrons. The predicted molar refractivity (Wildman–Crippen MR) is 110 cm³/mol. The van der Waals surface area contributed by atoms with E-state index in [1.54, 1.807) is 26.5 Å². The molecule has 2 heterocycles. The van der Waals surface area contributed by atoms with E-state index in [1.807, 2.05) is 47.8 Å². The molecule has 0 aliphatic heterocycles. The Labute approximate surface area is 165 Å². The Morgan fingerprint density at radius 3 is 2.71 bits per heavy atom. The summed E-state index contributed by atoms with van der Waals surface area (Å²) in [5, 5.41) is 6.19. The smallest absolute Gasteiger partial charge is 0.257 e. The van der Waals surface area contributed by atoms with Crippen molar-refractivity contribution in [3.63, 3.8) is 0 Å². The van der Waals surface area contributed by atoms with Gasteiger partial charge < -0.3 is 9.47 Å². The molecule has 6 nitrogen and oxygen atoms in total. The van der Waals surface area contributed by atoms with Crippen LogP contribution >= 0.6 is 11.3 Å². The van der Waals surface area contributed by atoms with Gasteiger partial charge in [0, 0.05) is 28.1 Å². The zero-order chi connectivity index (χ0) is 19.5. The highest BCUT2D eigenvalue weighted by molar-refractivity contribution is 7.14. The van der Waals surface area contributed by atoms with Crippen molar-refractivity contribution in [1.29, 1.82) is 0 Å². The third-order valence-electron chi connectivity index (χ3n) is 4.27. The number of hydrogen-bond acceptors (Lipinski definition) is 6. The maximum atomic E-state index is 12.6. The first-order valence-electron chi connectivity index (χ1n) is 8.52. The fourth-order valence-electron chi connectivity index (χ4n) is 2.85. The van der Waals surface area contributed by atoms with E-state index in [0.29, 0.717) is 22.2 Å². The van der Waals surface area contributed by atoms with Gasteiger partial charge in [0.05, 0.1) is 25.4 Å². The number of carbonyl (C=O) groups is 1. The van der Waals surface area contributed by atoms with Crippen molar-refractivity contribution in [2.24, 2.45) is 0 Å². The monoisotopic (exact) mass is 391 g/mol. The maximum absolute atomic E-state index is 12.6. The molecule has 0 aliphatic rings. The first-order chi connectivity index (χ1) is 13.7. The van der Waals surface area contributed by atoms with Gasteiger partial charge >= 0.3 is 0 Å². The van der Waals surface area contributed by atoms with E-state index in [1.165, 1.54) is 11.3 Å². The molecule has 28 heavy (non-hydrogen) atoms. The highest BCUT2D eigenvalue weighted by Crippen LogP contribution is 2.33. The van der Waals surface area contributed by atoms with E-state index in [-0.39, 0.29) is 5.91 Å². The minimum absolute atomic E-state index is 0.209. The topological polar surface area (TPSA) is 73.3 Å². The molecule has 0 aliphatic carbocycles. The minimum atomic E-state index is -0.209. The number of carbonyl (C=O) groups excluding carboxylic acids is 1. The quantitative estimate of drug-likeness (QED) is 0.537. The second-order valence-corrected chi connectivity index (χ2v) is 6.83. The normalized spacial score (nSPS) is 10.6. The van der Waals surface area contributed by atoms with Crippen LogP contribution < -0.4 is 14.8 Å². The van der Waals surface area contributed by atoms with Gasteiger partial charge in [0.1, 0.15) is 0 Å². The number of nitrogens with zero attached hydrogens (tertiary/aromatic N) is 2. The van der Waals surface area contributed by atoms with Crippen molar-refractivity contribution >= 4 is 33.3 Å². The van der Waals surface area contributed by atoms with Crippen LogP contribution in [0.15, 0.2) is 60.1 Å². The lowest BCUT2D eigenvalue weighted by atomic mass is 10.1. The van der Waals surface area contributed by atoms with Crippen LogP contribution in [0, 0.1) is 0 Å². The van der Waals surface area contributed by atoms with Crippen molar-refractivity contribution in [3.8, 4) is 22.8 Å². The highest BCUT2D eigenvalue weighted by atomic mass is 32.1. The van der Waals surface area contributed by atoms with Crippen LogP contribution in [0.4, 0.5) is 5.13 Å². The number of nitrogens with one attached hydrogen (secondary N) is 1. The molecule has 4 aromatic rings. The van der Waals surface area contributed by atoms with Gasteiger partial charge in [-0.1, -0.05) is 6.07 Å². The first kappa shape index (κ1) is 17.9. The molecule has 7 heteroatoms. The fourth-order valence-corrected chi connectivity index (χ4v) is 3.56. The third kappa shape index (κ3) is 3.52. The summed E-state index contributed by atoms with van der Waals surface area (Å²) in [7, 11) is 3.18. The highest BCUT2D eigenvalue weighted by Gasteiger charge is 2.12. The Bertz CT molecular complexity index is 1160. The lowest BCUT2D eigenvalue weighted by Crippen LogP contribution is -2.11. The van der Waals surface area contributed by atoms with Crippen LogP contribution in [0.3, 0.4) is 0 Å². The number of benzene rings is 2. The van der Waals surface area contributed by atoms with E-state index in [2.05, 4.69) is 15.3 Å². The Morgan fingerprint density at radius 2 is 1.89 bits per heavy atom. The summed E-state index contributed by atoms with van der Waals surface area (Å²) in [6, 6.07) is 14.8.